The Morgan fingerprint density at radius 2 is 2.09 bits per heavy atom. The highest BCUT2D eigenvalue weighted by atomic mass is 35.5. The van der Waals surface area contributed by atoms with Crippen molar-refractivity contribution in [2.24, 2.45) is 0 Å². The van der Waals surface area contributed by atoms with Crippen molar-refractivity contribution < 1.29 is 23.5 Å². The molecule has 0 spiro atoms. The number of aromatic nitrogens is 3. The second-order valence-electron chi connectivity index (χ2n) is 7.46. The van der Waals surface area contributed by atoms with E-state index in [1.165, 1.54) is 41.2 Å². The number of benzene rings is 2. The molecule has 34 heavy (non-hydrogen) atoms. The van der Waals surface area contributed by atoms with E-state index >= 15 is 0 Å². The maximum Gasteiger partial charge on any atom is 0.310 e. The van der Waals surface area contributed by atoms with Gasteiger partial charge in [0.1, 0.15) is 18.1 Å². The molecule has 0 fully saturated rings. The van der Waals surface area contributed by atoms with Crippen molar-refractivity contribution in [3.05, 3.63) is 70.3 Å². The third-order valence-electron chi connectivity index (χ3n) is 5.18. The lowest BCUT2D eigenvalue weighted by molar-refractivity contribution is -0.133. The van der Waals surface area contributed by atoms with Crippen LogP contribution in [0.5, 0.6) is 6.01 Å². The first-order valence-corrected chi connectivity index (χ1v) is 11.2. The number of nitrogens with one attached hydrogen (secondary N) is 2. The summed E-state index contributed by atoms with van der Waals surface area (Å²) in [5.74, 6) is -2.20. The van der Waals surface area contributed by atoms with Crippen molar-refractivity contribution in [2.45, 2.75) is 19.5 Å². The number of carbonyl (C=O) groups excluding carboxylic acids is 3. The van der Waals surface area contributed by atoms with Gasteiger partial charge >= 0.3 is 12.0 Å². The van der Waals surface area contributed by atoms with Gasteiger partial charge in [0.25, 0.3) is 5.91 Å². The van der Waals surface area contributed by atoms with Crippen LogP contribution in [-0.4, -0.2) is 31.7 Å². The van der Waals surface area contributed by atoms with Crippen LogP contribution in [0, 0.1) is 5.82 Å². The first-order valence-electron chi connectivity index (χ1n) is 10.0. The predicted molar refractivity (Wildman–Crippen MR) is 123 cm³/mol. The Morgan fingerprint density at radius 1 is 1.29 bits per heavy atom. The Kier molecular flexibility index (Phi) is 5.50. The molecule has 0 aliphatic carbocycles. The molecular weight excluding hydrogens is 485 g/mol. The van der Waals surface area contributed by atoms with Crippen LogP contribution in [0.4, 0.5) is 10.2 Å². The predicted octanol–water partition coefficient (Wildman–Crippen LogP) is 3.68. The first-order chi connectivity index (χ1) is 16.3. The highest BCUT2D eigenvalue weighted by molar-refractivity contribution is 7.13. The molecule has 2 amide bonds. The normalized spacial score (nSPS) is 15.0. The molecule has 4 aromatic rings. The lowest BCUT2D eigenvalue weighted by Gasteiger charge is -2.27. The van der Waals surface area contributed by atoms with E-state index in [2.05, 4.69) is 20.0 Å². The van der Waals surface area contributed by atoms with Crippen LogP contribution >= 0.6 is 23.1 Å². The number of ether oxygens (including phenoxy) is 1. The molecule has 1 aliphatic rings. The van der Waals surface area contributed by atoms with Gasteiger partial charge in [0.05, 0.1) is 16.4 Å². The van der Waals surface area contributed by atoms with Gasteiger partial charge in [-0.1, -0.05) is 29.8 Å². The standard InChI is InChI=1S/C22H15ClFN5O4S/c1-10(30)33-22-27-20(26-21(32)18-12-4-2-3-5-15(12)34-28-18)19-17(25-16(31)9-29(19)22)13-8-11(24)6-7-14(13)23/h2-8,17H,9H2,1H3,(H,25,31)(H,26,32). The molecule has 0 saturated carbocycles. The molecule has 5 rings (SSSR count). The highest BCUT2D eigenvalue weighted by Crippen LogP contribution is 2.38. The Hall–Kier alpha value is -3.83. The van der Waals surface area contributed by atoms with Crippen LogP contribution in [-0.2, 0) is 16.1 Å². The van der Waals surface area contributed by atoms with Crippen molar-refractivity contribution in [1.82, 2.24) is 19.2 Å². The van der Waals surface area contributed by atoms with Gasteiger partial charge in [0.15, 0.2) is 5.82 Å². The number of nitrogens with zero attached hydrogens (tertiary/aromatic N) is 3. The van der Waals surface area contributed by atoms with Crippen molar-refractivity contribution in [3.63, 3.8) is 0 Å². The topological polar surface area (TPSA) is 115 Å². The minimum Gasteiger partial charge on any atom is -0.392 e. The number of esters is 1. The monoisotopic (exact) mass is 499 g/mol. The Balaban J connectivity index is 1.63. The average molecular weight is 500 g/mol. The molecule has 0 bridgehead atoms. The van der Waals surface area contributed by atoms with Crippen molar-refractivity contribution in [3.8, 4) is 6.01 Å². The van der Waals surface area contributed by atoms with E-state index in [1.807, 2.05) is 12.1 Å². The zero-order valence-electron chi connectivity index (χ0n) is 17.5. The van der Waals surface area contributed by atoms with Crippen molar-refractivity contribution >= 4 is 56.8 Å². The molecule has 0 saturated heterocycles. The maximum absolute atomic E-state index is 14.1. The third kappa shape index (κ3) is 3.88. The maximum atomic E-state index is 14.1. The molecule has 0 radical (unpaired) electrons. The third-order valence-corrected chi connectivity index (χ3v) is 6.35. The molecule has 172 valence electrons. The summed E-state index contributed by atoms with van der Waals surface area (Å²) in [7, 11) is 0. The minimum atomic E-state index is -0.969. The van der Waals surface area contributed by atoms with Crippen LogP contribution in [0.2, 0.25) is 5.02 Å². The molecule has 12 heteroatoms. The van der Waals surface area contributed by atoms with Crippen molar-refractivity contribution in [2.75, 3.05) is 5.32 Å². The van der Waals surface area contributed by atoms with E-state index < -0.39 is 29.6 Å². The number of hydrogen-bond donors (Lipinski definition) is 2. The molecule has 3 heterocycles. The minimum absolute atomic E-state index is 0.0173. The quantitative estimate of drug-likeness (QED) is 0.414. The fourth-order valence-corrected chi connectivity index (χ4v) is 4.78. The number of halogens is 2. The van der Waals surface area contributed by atoms with Crippen molar-refractivity contribution in [1.29, 1.82) is 0 Å². The first kappa shape index (κ1) is 22.0. The van der Waals surface area contributed by atoms with E-state index in [0.717, 1.165) is 4.70 Å². The van der Waals surface area contributed by atoms with Crippen LogP contribution in [0.1, 0.15) is 34.7 Å². The number of rotatable bonds is 4. The van der Waals surface area contributed by atoms with E-state index in [0.29, 0.717) is 5.39 Å². The molecule has 2 N–H and O–H groups in total. The number of amides is 2. The molecule has 9 nitrogen and oxygen atoms in total. The van der Waals surface area contributed by atoms with Gasteiger partial charge in [0.2, 0.25) is 5.91 Å². The van der Waals surface area contributed by atoms with Gasteiger partial charge in [-0.25, -0.2) is 4.39 Å². The van der Waals surface area contributed by atoms with E-state index in [1.54, 1.807) is 12.1 Å². The summed E-state index contributed by atoms with van der Waals surface area (Å²) < 4.78 is 25.7. The summed E-state index contributed by atoms with van der Waals surface area (Å²) in [6.07, 6.45) is 0. The molecule has 2 aromatic heterocycles. The summed E-state index contributed by atoms with van der Waals surface area (Å²) in [5, 5.41) is 6.30. The van der Waals surface area contributed by atoms with Gasteiger partial charge in [-0.3, -0.25) is 19.0 Å². The van der Waals surface area contributed by atoms with E-state index in [-0.39, 0.29) is 40.3 Å². The number of carbonyl (C=O) groups is 3. The molecular formula is C22H15ClFN5O4S. The van der Waals surface area contributed by atoms with Gasteiger partial charge in [-0.05, 0) is 35.8 Å². The van der Waals surface area contributed by atoms with Gasteiger partial charge < -0.3 is 15.4 Å². The Bertz CT molecular complexity index is 1480. The van der Waals surface area contributed by atoms with Gasteiger partial charge in [-0.15, -0.1) is 0 Å². The lowest BCUT2D eigenvalue weighted by Crippen LogP contribution is -2.39. The lowest BCUT2D eigenvalue weighted by atomic mass is 10.0. The molecule has 1 aliphatic heterocycles. The fourth-order valence-electron chi connectivity index (χ4n) is 3.78. The highest BCUT2D eigenvalue weighted by Gasteiger charge is 2.35. The smallest absolute Gasteiger partial charge is 0.310 e. The second-order valence-corrected chi connectivity index (χ2v) is 8.67. The zero-order chi connectivity index (χ0) is 24.0. The number of imidazole rings is 1. The average Bonchev–Trinajstić information content (AvgIpc) is 3.36. The zero-order valence-corrected chi connectivity index (χ0v) is 19.0. The Morgan fingerprint density at radius 3 is 2.88 bits per heavy atom. The summed E-state index contributed by atoms with van der Waals surface area (Å²) in [6, 6.07) is 9.83. The van der Waals surface area contributed by atoms with Crippen LogP contribution < -0.4 is 15.4 Å². The summed E-state index contributed by atoms with van der Waals surface area (Å²) >= 11 is 7.49. The van der Waals surface area contributed by atoms with Crippen LogP contribution in [0.3, 0.4) is 0 Å². The summed E-state index contributed by atoms with van der Waals surface area (Å²) in [6.45, 7) is 0.953. The van der Waals surface area contributed by atoms with Gasteiger partial charge in [0, 0.05) is 22.9 Å². The largest absolute Gasteiger partial charge is 0.392 e. The van der Waals surface area contributed by atoms with Crippen LogP contribution in [0.15, 0.2) is 42.5 Å². The second kappa shape index (κ2) is 8.50. The molecule has 1 atom stereocenters. The number of hydrogen-bond acceptors (Lipinski definition) is 7. The van der Waals surface area contributed by atoms with Gasteiger partial charge in [-0.2, -0.15) is 9.36 Å². The fraction of sp³-hybridized carbons (Fsp3) is 0.136. The molecule has 2 aromatic carbocycles. The Labute approximate surface area is 200 Å². The number of anilines is 1. The summed E-state index contributed by atoms with van der Waals surface area (Å²) in [4.78, 5) is 41.5. The number of fused-ring (bicyclic) bond motifs is 2. The SMILES string of the molecule is CC(=O)Oc1nc(NC(=O)c2nsc3ccccc23)c2n1CC(=O)NC2c1cc(F)ccc1Cl. The molecule has 1 unspecified atom stereocenters. The van der Waals surface area contributed by atoms with E-state index in [4.69, 9.17) is 16.3 Å². The van der Waals surface area contributed by atoms with E-state index in [9.17, 15) is 18.8 Å². The summed E-state index contributed by atoms with van der Waals surface area (Å²) in [5.41, 5.74) is 0.715. The van der Waals surface area contributed by atoms with Crippen LogP contribution in [0.25, 0.3) is 10.1 Å².